The minimum Gasteiger partial charge on any atom is -0.361 e. The number of aromatic nitrogens is 5. The van der Waals surface area contributed by atoms with Crippen LogP contribution in [0.5, 0.6) is 0 Å². The van der Waals surface area contributed by atoms with E-state index in [-0.39, 0.29) is 0 Å². The molecule has 0 saturated carbocycles. The average Bonchev–Trinajstić information content (AvgIpc) is 3.51. The van der Waals surface area contributed by atoms with Crippen LogP contribution in [-0.2, 0) is 7.05 Å². The van der Waals surface area contributed by atoms with Crippen molar-refractivity contribution in [1.82, 2.24) is 24.3 Å². The summed E-state index contributed by atoms with van der Waals surface area (Å²) in [5, 5.41) is 5.50. The fourth-order valence-electron chi connectivity index (χ4n) is 4.10. The van der Waals surface area contributed by atoms with E-state index in [4.69, 9.17) is 0 Å². The van der Waals surface area contributed by atoms with Gasteiger partial charge in [-0.15, -0.1) is 0 Å². The van der Waals surface area contributed by atoms with Crippen molar-refractivity contribution < 1.29 is 0 Å². The third-order valence-corrected chi connectivity index (χ3v) is 5.61. The molecule has 0 aliphatic heterocycles. The van der Waals surface area contributed by atoms with Gasteiger partial charge in [-0.25, -0.2) is 4.98 Å². The molecule has 3 heterocycles. The number of benzene rings is 3. The standard InChI is InChI=1S/C25H19N5/c1-29-15-19(13-28-29)17-9-10-25-24(12-17)27-16-30(25)20-6-4-5-18(11-20)22-14-26-23-8-3-2-7-21(22)23/h2-16,26H,1H3. The van der Waals surface area contributed by atoms with Gasteiger partial charge < -0.3 is 4.98 Å². The van der Waals surface area contributed by atoms with Crippen LogP contribution in [0.25, 0.3) is 49.9 Å². The first-order valence-corrected chi connectivity index (χ1v) is 9.89. The van der Waals surface area contributed by atoms with Crippen LogP contribution >= 0.6 is 0 Å². The Morgan fingerprint density at radius 1 is 0.867 bits per heavy atom. The maximum absolute atomic E-state index is 4.66. The number of para-hydroxylation sites is 1. The third kappa shape index (κ3) is 2.63. The Bertz CT molecular complexity index is 1520. The molecule has 0 aliphatic carbocycles. The summed E-state index contributed by atoms with van der Waals surface area (Å²) in [7, 11) is 1.93. The molecule has 0 spiro atoms. The Morgan fingerprint density at radius 2 is 1.80 bits per heavy atom. The van der Waals surface area contributed by atoms with Crippen molar-refractivity contribution in [3.8, 4) is 27.9 Å². The smallest absolute Gasteiger partial charge is 0.100 e. The van der Waals surface area contributed by atoms with E-state index in [1.165, 1.54) is 16.5 Å². The SMILES string of the molecule is Cn1cc(-c2ccc3c(c2)ncn3-c2cccc(-c3c[nH]c4ccccc34)c2)cn1. The molecular formula is C25H19N5. The van der Waals surface area contributed by atoms with Crippen LogP contribution in [0.2, 0.25) is 0 Å². The third-order valence-electron chi connectivity index (χ3n) is 5.61. The maximum Gasteiger partial charge on any atom is 0.100 e. The number of nitrogens with zero attached hydrogens (tertiary/aromatic N) is 4. The van der Waals surface area contributed by atoms with Gasteiger partial charge in [-0.05, 0) is 41.5 Å². The van der Waals surface area contributed by atoms with E-state index in [0.717, 1.165) is 33.4 Å². The summed E-state index contributed by atoms with van der Waals surface area (Å²) in [5.41, 5.74) is 8.88. The van der Waals surface area contributed by atoms with E-state index in [1.807, 2.05) is 30.5 Å². The predicted octanol–water partition coefficient (Wildman–Crippen LogP) is 5.57. The molecule has 30 heavy (non-hydrogen) atoms. The van der Waals surface area contributed by atoms with Crippen molar-refractivity contribution in [2.75, 3.05) is 0 Å². The van der Waals surface area contributed by atoms with Crippen molar-refractivity contribution in [1.29, 1.82) is 0 Å². The molecule has 5 nitrogen and oxygen atoms in total. The van der Waals surface area contributed by atoms with E-state index in [2.05, 4.69) is 92.6 Å². The molecule has 6 rings (SSSR count). The van der Waals surface area contributed by atoms with Crippen LogP contribution in [-0.4, -0.2) is 24.3 Å². The predicted molar refractivity (Wildman–Crippen MR) is 121 cm³/mol. The van der Waals surface area contributed by atoms with Gasteiger partial charge in [-0.1, -0.05) is 36.4 Å². The normalized spacial score (nSPS) is 11.5. The zero-order chi connectivity index (χ0) is 20.1. The van der Waals surface area contributed by atoms with Crippen LogP contribution in [0.3, 0.4) is 0 Å². The summed E-state index contributed by atoms with van der Waals surface area (Å²) in [6.45, 7) is 0. The van der Waals surface area contributed by atoms with Crippen molar-refractivity contribution in [2.24, 2.45) is 7.05 Å². The lowest BCUT2D eigenvalue weighted by atomic mass is 10.0. The Morgan fingerprint density at radius 3 is 2.70 bits per heavy atom. The molecule has 5 heteroatoms. The number of hydrogen-bond acceptors (Lipinski definition) is 2. The number of aryl methyl sites for hydroxylation is 1. The number of nitrogens with one attached hydrogen (secondary N) is 1. The second-order valence-corrected chi connectivity index (χ2v) is 7.52. The minimum absolute atomic E-state index is 0.967. The Balaban J connectivity index is 1.44. The summed E-state index contributed by atoms with van der Waals surface area (Å²) in [6, 6.07) is 23.3. The molecule has 0 amide bonds. The second-order valence-electron chi connectivity index (χ2n) is 7.52. The second kappa shape index (κ2) is 6.46. The van der Waals surface area contributed by atoms with Crippen molar-refractivity contribution >= 4 is 21.9 Å². The molecule has 3 aromatic heterocycles. The first kappa shape index (κ1) is 16.8. The van der Waals surface area contributed by atoms with Crippen LogP contribution in [0.1, 0.15) is 0 Å². The molecule has 0 atom stereocenters. The van der Waals surface area contributed by atoms with E-state index in [9.17, 15) is 0 Å². The lowest BCUT2D eigenvalue weighted by molar-refractivity contribution is 0.768. The molecule has 3 aromatic carbocycles. The van der Waals surface area contributed by atoms with Crippen molar-refractivity contribution in [2.45, 2.75) is 0 Å². The van der Waals surface area contributed by atoms with Gasteiger partial charge >= 0.3 is 0 Å². The monoisotopic (exact) mass is 389 g/mol. The molecule has 0 saturated heterocycles. The van der Waals surface area contributed by atoms with Gasteiger partial charge in [0.2, 0.25) is 0 Å². The largest absolute Gasteiger partial charge is 0.361 e. The van der Waals surface area contributed by atoms with Gasteiger partial charge in [0.25, 0.3) is 0 Å². The lowest BCUT2D eigenvalue weighted by Gasteiger charge is -2.08. The molecule has 0 bridgehead atoms. The summed E-state index contributed by atoms with van der Waals surface area (Å²) >= 11 is 0. The summed E-state index contributed by atoms with van der Waals surface area (Å²) < 4.78 is 3.95. The number of imidazole rings is 1. The molecule has 0 fully saturated rings. The highest BCUT2D eigenvalue weighted by Gasteiger charge is 2.10. The maximum atomic E-state index is 4.66. The topological polar surface area (TPSA) is 51.4 Å². The van der Waals surface area contributed by atoms with E-state index in [1.54, 1.807) is 0 Å². The quantitative estimate of drug-likeness (QED) is 0.430. The Kier molecular flexibility index (Phi) is 3.62. The highest BCUT2D eigenvalue weighted by molar-refractivity contribution is 5.95. The fourth-order valence-corrected chi connectivity index (χ4v) is 4.10. The molecule has 0 aliphatic rings. The zero-order valence-electron chi connectivity index (χ0n) is 16.4. The van der Waals surface area contributed by atoms with Gasteiger partial charge in [0.05, 0.1) is 17.2 Å². The summed E-state index contributed by atoms with van der Waals surface area (Å²) in [5.74, 6) is 0. The molecule has 6 aromatic rings. The van der Waals surface area contributed by atoms with Gasteiger partial charge in [0.1, 0.15) is 6.33 Å². The van der Waals surface area contributed by atoms with Gasteiger partial charge in [0, 0.05) is 47.2 Å². The summed E-state index contributed by atoms with van der Waals surface area (Å²) in [4.78, 5) is 8.03. The van der Waals surface area contributed by atoms with E-state index < -0.39 is 0 Å². The number of aromatic amines is 1. The lowest BCUT2D eigenvalue weighted by Crippen LogP contribution is -1.92. The Hall–Kier alpha value is -4.12. The van der Waals surface area contributed by atoms with Gasteiger partial charge in [-0.2, -0.15) is 5.10 Å². The molecule has 1 N–H and O–H groups in total. The Labute approximate surface area is 173 Å². The number of rotatable bonds is 3. The zero-order valence-corrected chi connectivity index (χ0v) is 16.4. The van der Waals surface area contributed by atoms with E-state index >= 15 is 0 Å². The highest BCUT2D eigenvalue weighted by atomic mass is 15.2. The first-order chi connectivity index (χ1) is 14.8. The van der Waals surface area contributed by atoms with E-state index in [0.29, 0.717) is 0 Å². The summed E-state index contributed by atoms with van der Waals surface area (Å²) in [6.07, 6.45) is 7.87. The van der Waals surface area contributed by atoms with Gasteiger partial charge in [0.15, 0.2) is 0 Å². The molecule has 144 valence electrons. The number of hydrogen-bond donors (Lipinski definition) is 1. The van der Waals surface area contributed by atoms with Crippen LogP contribution in [0.4, 0.5) is 0 Å². The van der Waals surface area contributed by atoms with Crippen LogP contribution in [0, 0.1) is 0 Å². The van der Waals surface area contributed by atoms with Gasteiger partial charge in [-0.3, -0.25) is 9.25 Å². The number of H-pyrrole nitrogens is 1. The fraction of sp³-hybridized carbons (Fsp3) is 0.0400. The average molecular weight is 389 g/mol. The molecule has 0 radical (unpaired) electrons. The number of fused-ring (bicyclic) bond motifs is 2. The van der Waals surface area contributed by atoms with Crippen LogP contribution in [0.15, 0.2) is 91.6 Å². The van der Waals surface area contributed by atoms with Crippen molar-refractivity contribution in [3.05, 3.63) is 91.6 Å². The van der Waals surface area contributed by atoms with Crippen LogP contribution < -0.4 is 0 Å². The minimum atomic E-state index is 0.967. The molecular weight excluding hydrogens is 370 g/mol. The molecule has 0 unspecified atom stereocenters. The van der Waals surface area contributed by atoms with Crippen molar-refractivity contribution in [3.63, 3.8) is 0 Å². The first-order valence-electron chi connectivity index (χ1n) is 9.89. The highest BCUT2D eigenvalue weighted by Crippen LogP contribution is 2.31.